The van der Waals surface area contributed by atoms with Crippen molar-refractivity contribution in [1.29, 1.82) is 0 Å². The molecule has 1 heterocycles. The maximum Gasteiger partial charge on any atom is 0.0546 e. The van der Waals surface area contributed by atoms with Crippen LogP contribution in [0.2, 0.25) is 0 Å². The summed E-state index contributed by atoms with van der Waals surface area (Å²) in [5.74, 6) is 0. The Morgan fingerprint density at radius 2 is 0.750 bits per heavy atom. The summed E-state index contributed by atoms with van der Waals surface area (Å²) in [6.07, 6.45) is 0. The molecule has 0 aliphatic rings. The Hall–Kier alpha value is -8.98. The van der Waals surface area contributed by atoms with Gasteiger partial charge in [0.05, 0.1) is 16.7 Å². The molecule has 0 saturated heterocycles. The third kappa shape index (κ3) is 6.65. The van der Waals surface area contributed by atoms with Crippen LogP contribution in [0.15, 0.2) is 267 Å². The molecule has 0 bridgehead atoms. The number of benzene rings is 12. The van der Waals surface area contributed by atoms with Gasteiger partial charge in [0.2, 0.25) is 0 Å². The fourth-order valence-corrected chi connectivity index (χ4v) is 10.7. The van der Waals surface area contributed by atoms with Gasteiger partial charge in [-0.05, 0) is 132 Å². The predicted octanol–water partition coefficient (Wildman–Crippen LogP) is 18.4. The van der Waals surface area contributed by atoms with Gasteiger partial charge < -0.3 is 9.47 Å². The van der Waals surface area contributed by atoms with Crippen molar-refractivity contribution in [2.75, 3.05) is 4.90 Å². The standard InChI is InChI=1S/C66H44N2/c1-2-18-46(19-3-1)57-34-17-37-65(68-63-35-12-10-31-60(63)61-32-11-13-36-64(61)68)66(57)47-38-40-51(41-39-47)67(52-25-14-23-48(42-52)55-33-16-22-45-20-4-6-27-54(45)55)53-26-15-24-49(43-53)62-44-50-21-5-7-28-56(50)58-29-8-9-30-59(58)62/h1-44H. The van der Waals surface area contributed by atoms with E-state index in [1.54, 1.807) is 0 Å². The maximum atomic E-state index is 2.45. The number of hydrogen-bond acceptors (Lipinski definition) is 1. The molecular formula is C66H44N2. The highest BCUT2D eigenvalue weighted by atomic mass is 15.1. The number of fused-ring (bicyclic) bond motifs is 7. The van der Waals surface area contributed by atoms with Gasteiger partial charge in [-0.15, -0.1) is 0 Å². The van der Waals surface area contributed by atoms with Crippen LogP contribution >= 0.6 is 0 Å². The lowest BCUT2D eigenvalue weighted by atomic mass is 9.92. The molecule has 0 unspecified atom stereocenters. The molecule has 13 rings (SSSR count). The van der Waals surface area contributed by atoms with Gasteiger partial charge in [-0.2, -0.15) is 0 Å². The summed E-state index contributed by atoms with van der Waals surface area (Å²) in [5.41, 5.74) is 16.2. The normalized spacial score (nSPS) is 11.5. The summed E-state index contributed by atoms with van der Waals surface area (Å²) in [6.45, 7) is 0. The van der Waals surface area contributed by atoms with Crippen LogP contribution in [0.1, 0.15) is 0 Å². The molecule has 0 saturated carbocycles. The summed E-state index contributed by atoms with van der Waals surface area (Å²) >= 11 is 0. The van der Waals surface area contributed by atoms with Crippen molar-refractivity contribution in [3.05, 3.63) is 267 Å². The van der Waals surface area contributed by atoms with Crippen LogP contribution in [0.3, 0.4) is 0 Å². The second-order valence-electron chi connectivity index (χ2n) is 17.6. The molecule has 0 aliphatic carbocycles. The summed E-state index contributed by atoms with van der Waals surface area (Å²) in [7, 11) is 0. The topological polar surface area (TPSA) is 8.17 Å². The van der Waals surface area contributed by atoms with Crippen LogP contribution in [0.25, 0.3) is 104 Å². The second kappa shape index (κ2) is 16.5. The Kier molecular flexibility index (Phi) is 9.54. The van der Waals surface area contributed by atoms with Crippen molar-refractivity contribution in [2.45, 2.75) is 0 Å². The van der Waals surface area contributed by atoms with Crippen LogP contribution in [-0.2, 0) is 0 Å². The van der Waals surface area contributed by atoms with Gasteiger partial charge in [0, 0.05) is 33.4 Å². The number of para-hydroxylation sites is 2. The second-order valence-corrected chi connectivity index (χ2v) is 17.6. The maximum absolute atomic E-state index is 2.45. The van der Waals surface area contributed by atoms with Gasteiger partial charge in [0.1, 0.15) is 0 Å². The summed E-state index contributed by atoms with van der Waals surface area (Å²) in [5, 5.41) is 9.97. The lowest BCUT2D eigenvalue weighted by Crippen LogP contribution is -2.10. The van der Waals surface area contributed by atoms with E-state index in [1.807, 2.05) is 0 Å². The largest absolute Gasteiger partial charge is 0.310 e. The minimum atomic E-state index is 1.07. The first kappa shape index (κ1) is 39.4. The van der Waals surface area contributed by atoms with Crippen LogP contribution in [-0.4, -0.2) is 4.57 Å². The minimum absolute atomic E-state index is 1.07. The molecule has 0 radical (unpaired) electrons. The van der Waals surface area contributed by atoms with E-state index >= 15 is 0 Å². The molecule has 0 spiro atoms. The first-order chi connectivity index (χ1) is 33.7. The van der Waals surface area contributed by atoms with Gasteiger partial charge in [0.25, 0.3) is 0 Å². The van der Waals surface area contributed by atoms with Gasteiger partial charge in [-0.3, -0.25) is 0 Å². The van der Waals surface area contributed by atoms with Gasteiger partial charge >= 0.3 is 0 Å². The molecule has 0 fully saturated rings. The molecule has 0 atom stereocenters. The van der Waals surface area contributed by atoms with Crippen LogP contribution < -0.4 is 4.90 Å². The summed E-state index contributed by atoms with van der Waals surface area (Å²) < 4.78 is 2.45. The van der Waals surface area contributed by atoms with E-state index in [-0.39, 0.29) is 0 Å². The van der Waals surface area contributed by atoms with E-state index in [4.69, 9.17) is 0 Å². The Morgan fingerprint density at radius 3 is 1.46 bits per heavy atom. The molecule has 2 nitrogen and oxygen atoms in total. The zero-order chi connectivity index (χ0) is 45.0. The Morgan fingerprint density at radius 1 is 0.250 bits per heavy atom. The average Bonchev–Trinajstić information content (AvgIpc) is 3.75. The molecular weight excluding hydrogens is 821 g/mol. The van der Waals surface area contributed by atoms with E-state index in [0.29, 0.717) is 0 Å². The molecule has 318 valence electrons. The van der Waals surface area contributed by atoms with E-state index in [9.17, 15) is 0 Å². The molecule has 0 aliphatic heterocycles. The van der Waals surface area contributed by atoms with Crippen molar-refractivity contribution in [2.24, 2.45) is 0 Å². The van der Waals surface area contributed by atoms with E-state index in [0.717, 1.165) is 28.3 Å². The van der Waals surface area contributed by atoms with Crippen LogP contribution in [0.4, 0.5) is 17.1 Å². The zero-order valence-electron chi connectivity index (χ0n) is 37.3. The fraction of sp³-hybridized carbons (Fsp3) is 0. The Balaban J connectivity index is 1.01. The van der Waals surface area contributed by atoms with Crippen molar-refractivity contribution in [3.8, 4) is 50.2 Å². The SMILES string of the molecule is c1ccc(-c2cccc(-n3c4ccccc4c4ccccc43)c2-c2ccc(N(c3cccc(-c4cccc5ccccc45)c3)c3cccc(-c4cc5ccccc5c5ccccc45)c3)cc2)cc1. The van der Waals surface area contributed by atoms with Crippen LogP contribution in [0.5, 0.6) is 0 Å². The third-order valence-electron chi connectivity index (χ3n) is 13.8. The smallest absolute Gasteiger partial charge is 0.0546 e. The predicted molar refractivity (Wildman–Crippen MR) is 290 cm³/mol. The lowest BCUT2D eigenvalue weighted by molar-refractivity contribution is 1.18. The molecule has 0 amide bonds. The zero-order valence-corrected chi connectivity index (χ0v) is 37.3. The molecule has 68 heavy (non-hydrogen) atoms. The van der Waals surface area contributed by atoms with Crippen LogP contribution in [0, 0.1) is 0 Å². The summed E-state index contributed by atoms with van der Waals surface area (Å²) in [4.78, 5) is 2.42. The van der Waals surface area contributed by atoms with Crippen molar-refractivity contribution in [1.82, 2.24) is 4.57 Å². The number of hydrogen-bond donors (Lipinski definition) is 0. The van der Waals surface area contributed by atoms with Crippen molar-refractivity contribution >= 4 is 71.2 Å². The third-order valence-corrected chi connectivity index (χ3v) is 13.8. The number of rotatable bonds is 8. The first-order valence-corrected chi connectivity index (χ1v) is 23.4. The number of aromatic nitrogens is 1. The molecule has 0 N–H and O–H groups in total. The monoisotopic (exact) mass is 864 g/mol. The van der Waals surface area contributed by atoms with Gasteiger partial charge in [-0.1, -0.05) is 206 Å². The Labute approximate surface area is 395 Å². The van der Waals surface area contributed by atoms with Gasteiger partial charge in [-0.25, -0.2) is 0 Å². The highest BCUT2D eigenvalue weighted by molar-refractivity contribution is 6.14. The van der Waals surface area contributed by atoms with E-state index in [2.05, 4.69) is 276 Å². The highest BCUT2D eigenvalue weighted by Crippen LogP contribution is 2.45. The first-order valence-electron chi connectivity index (χ1n) is 23.4. The number of anilines is 3. The van der Waals surface area contributed by atoms with Crippen molar-refractivity contribution in [3.63, 3.8) is 0 Å². The lowest BCUT2D eigenvalue weighted by Gasteiger charge is -2.27. The fourth-order valence-electron chi connectivity index (χ4n) is 10.7. The average molecular weight is 865 g/mol. The summed E-state index contributed by atoms with van der Waals surface area (Å²) in [6, 6.07) is 97.6. The minimum Gasteiger partial charge on any atom is -0.310 e. The molecule has 1 aromatic heterocycles. The molecule has 12 aromatic carbocycles. The number of nitrogens with zero attached hydrogens (tertiary/aromatic N) is 2. The van der Waals surface area contributed by atoms with Crippen molar-refractivity contribution < 1.29 is 0 Å². The molecule has 2 heteroatoms. The molecule has 13 aromatic rings. The van der Waals surface area contributed by atoms with Gasteiger partial charge in [0.15, 0.2) is 0 Å². The van der Waals surface area contributed by atoms with E-state index in [1.165, 1.54) is 93.1 Å². The van der Waals surface area contributed by atoms with E-state index < -0.39 is 0 Å². The quantitative estimate of drug-likeness (QED) is 0.138. The Bertz CT molecular complexity index is 3970. The highest BCUT2D eigenvalue weighted by Gasteiger charge is 2.21.